The molecule has 0 saturated carbocycles. The van der Waals surface area contributed by atoms with Crippen LogP contribution in [0.3, 0.4) is 0 Å². The van der Waals surface area contributed by atoms with Gasteiger partial charge in [-0.1, -0.05) is 41.9 Å². The van der Waals surface area contributed by atoms with Gasteiger partial charge in [-0.3, -0.25) is 4.98 Å². The molecule has 26 heavy (non-hydrogen) atoms. The minimum Gasteiger partial charge on any atom is -0.325 e. The molecule has 2 aromatic heterocycles. The molecule has 4 aromatic rings. The molecule has 0 amide bonds. The first kappa shape index (κ1) is 16.6. The van der Waals surface area contributed by atoms with Crippen LogP contribution in [0.25, 0.3) is 22.5 Å². The van der Waals surface area contributed by atoms with Gasteiger partial charge in [0.05, 0.1) is 5.69 Å². The Bertz CT molecular complexity index is 1010. The van der Waals surface area contributed by atoms with Gasteiger partial charge < -0.3 is 5.32 Å². The van der Waals surface area contributed by atoms with Gasteiger partial charge in [0.2, 0.25) is 5.95 Å². The van der Waals surface area contributed by atoms with Crippen LogP contribution in [-0.2, 0) is 0 Å². The maximum atomic E-state index is 6.64. The summed E-state index contributed by atoms with van der Waals surface area (Å²) >= 11 is 12.7. The summed E-state index contributed by atoms with van der Waals surface area (Å²) < 4.78 is 1.53. The van der Waals surface area contributed by atoms with E-state index in [1.54, 1.807) is 12.4 Å². The van der Waals surface area contributed by atoms with Crippen molar-refractivity contribution in [2.24, 2.45) is 0 Å². The van der Waals surface area contributed by atoms with Gasteiger partial charge in [0.1, 0.15) is 5.69 Å². The molecular weight excluding hydrogens is 367 g/mol. The molecule has 0 atom stereocenters. The first-order valence-electron chi connectivity index (χ1n) is 7.99. The van der Waals surface area contributed by atoms with Crippen LogP contribution in [0.4, 0.5) is 11.6 Å². The maximum Gasteiger partial charge on any atom is 0.223 e. The Morgan fingerprint density at radius 1 is 0.808 bits per heavy atom. The first-order chi connectivity index (χ1) is 12.7. The number of imidazole rings is 1. The summed E-state index contributed by atoms with van der Waals surface area (Å²) in [5.74, 6) is 0.537. The van der Waals surface area contributed by atoms with E-state index >= 15 is 0 Å². The van der Waals surface area contributed by atoms with Gasteiger partial charge in [0.15, 0.2) is 0 Å². The molecule has 1 N–H and O–H groups in total. The second kappa shape index (κ2) is 7.20. The molecule has 0 aliphatic rings. The van der Waals surface area contributed by atoms with Gasteiger partial charge in [-0.2, -0.15) is 0 Å². The number of aromatic nitrogens is 3. The zero-order chi connectivity index (χ0) is 17.9. The van der Waals surface area contributed by atoms with Crippen molar-refractivity contribution in [3.8, 4) is 22.5 Å². The van der Waals surface area contributed by atoms with E-state index in [1.165, 1.54) is 4.09 Å². The number of nitrogens with one attached hydrogen (secondary N) is 1. The summed E-state index contributed by atoms with van der Waals surface area (Å²) in [5, 5.41) is 3.94. The Balaban J connectivity index is 1.86. The van der Waals surface area contributed by atoms with E-state index in [4.69, 9.17) is 28.4 Å². The van der Waals surface area contributed by atoms with Crippen LogP contribution in [0.2, 0.25) is 5.02 Å². The van der Waals surface area contributed by atoms with Crippen LogP contribution in [0.15, 0.2) is 79.1 Å². The van der Waals surface area contributed by atoms with Crippen LogP contribution in [0.1, 0.15) is 0 Å². The first-order valence-corrected chi connectivity index (χ1v) is 8.71. The lowest BCUT2D eigenvalue weighted by Crippen LogP contribution is -1.96. The van der Waals surface area contributed by atoms with Crippen molar-refractivity contribution < 1.29 is 0 Å². The summed E-state index contributed by atoms with van der Waals surface area (Å²) in [6.45, 7) is 0. The number of pyridine rings is 1. The monoisotopic (exact) mass is 380 g/mol. The van der Waals surface area contributed by atoms with Gasteiger partial charge in [-0.15, -0.1) is 0 Å². The molecule has 6 heteroatoms. The van der Waals surface area contributed by atoms with Crippen molar-refractivity contribution in [2.45, 2.75) is 0 Å². The van der Waals surface area contributed by atoms with Gasteiger partial charge in [-0.05, 0) is 36.4 Å². The van der Waals surface area contributed by atoms with Crippen molar-refractivity contribution in [2.75, 3.05) is 5.32 Å². The van der Waals surface area contributed by atoms with Crippen LogP contribution < -0.4 is 5.32 Å². The van der Waals surface area contributed by atoms with E-state index in [9.17, 15) is 0 Å². The van der Waals surface area contributed by atoms with E-state index in [0.717, 1.165) is 28.2 Å². The number of benzene rings is 2. The Morgan fingerprint density at radius 3 is 2.19 bits per heavy atom. The fraction of sp³-hybridized carbons (Fsp3) is 0. The van der Waals surface area contributed by atoms with Crippen molar-refractivity contribution in [1.29, 1.82) is 0 Å². The zero-order valence-electron chi connectivity index (χ0n) is 13.6. The van der Waals surface area contributed by atoms with E-state index < -0.39 is 0 Å². The minimum atomic E-state index is 0.537. The Kier molecular flexibility index (Phi) is 4.61. The third-order valence-corrected chi connectivity index (χ3v) is 4.51. The molecule has 0 fully saturated rings. The topological polar surface area (TPSA) is 42.7 Å². The van der Waals surface area contributed by atoms with Crippen LogP contribution in [0.5, 0.6) is 0 Å². The molecule has 0 saturated heterocycles. The highest BCUT2D eigenvalue weighted by atomic mass is 35.5. The highest BCUT2D eigenvalue weighted by Gasteiger charge is 2.19. The molecular formula is C20H14Cl2N4. The van der Waals surface area contributed by atoms with E-state index in [0.29, 0.717) is 11.0 Å². The summed E-state index contributed by atoms with van der Waals surface area (Å²) in [5.41, 5.74) is 4.31. The lowest BCUT2D eigenvalue weighted by molar-refractivity contribution is 1.20. The molecule has 0 aliphatic carbocycles. The third kappa shape index (κ3) is 3.29. The molecule has 0 unspecified atom stereocenters. The Labute approximate surface area is 161 Å². The van der Waals surface area contributed by atoms with E-state index in [2.05, 4.69) is 10.3 Å². The number of nitrogens with zero attached hydrogens (tertiary/aromatic N) is 3. The fourth-order valence-corrected chi connectivity index (χ4v) is 3.08. The average Bonchev–Trinajstić information content (AvgIpc) is 3.00. The van der Waals surface area contributed by atoms with Crippen LogP contribution in [0, 0.1) is 0 Å². The maximum absolute atomic E-state index is 6.64. The standard InChI is InChI=1S/C20H14Cl2N4/c21-16-8-6-14(7-9-16)18-19(15-10-12-23-13-11-15)26(22)20(25-18)24-17-4-2-1-3-5-17/h1-13H,(H,24,25). The largest absolute Gasteiger partial charge is 0.325 e. The summed E-state index contributed by atoms with van der Waals surface area (Å²) in [4.78, 5) is 8.82. The third-order valence-electron chi connectivity index (χ3n) is 3.93. The number of hydrogen-bond donors (Lipinski definition) is 1. The lowest BCUT2D eigenvalue weighted by atomic mass is 10.1. The molecule has 4 rings (SSSR count). The predicted molar refractivity (Wildman–Crippen MR) is 107 cm³/mol. The highest BCUT2D eigenvalue weighted by Crippen LogP contribution is 2.36. The zero-order valence-corrected chi connectivity index (χ0v) is 15.1. The highest BCUT2D eigenvalue weighted by molar-refractivity contribution is 6.30. The Hall–Kier alpha value is -2.82. The molecule has 0 spiro atoms. The van der Waals surface area contributed by atoms with Gasteiger partial charge in [0.25, 0.3) is 0 Å². The molecule has 2 heterocycles. The second-order valence-electron chi connectivity index (χ2n) is 5.65. The van der Waals surface area contributed by atoms with Crippen molar-refractivity contribution in [1.82, 2.24) is 14.1 Å². The molecule has 0 radical (unpaired) electrons. The average molecular weight is 381 g/mol. The molecule has 0 aliphatic heterocycles. The van der Waals surface area contributed by atoms with Crippen molar-refractivity contribution in [3.63, 3.8) is 0 Å². The number of halogens is 2. The minimum absolute atomic E-state index is 0.537. The van der Waals surface area contributed by atoms with Crippen molar-refractivity contribution >= 4 is 35.0 Å². The van der Waals surface area contributed by atoms with Crippen LogP contribution >= 0.6 is 23.4 Å². The molecule has 2 aromatic carbocycles. The van der Waals surface area contributed by atoms with Crippen LogP contribution in [-0.4, -0.2) is 14.1 Å². The molecule has 0 bridgehead atoms. The summed E-state index contributed by atoms with van der Waals surface area (Å²) in [6.07, 6.45) is 3.46. The smallest absolute Gasteiger partial charge is 0.223 e. The Morgan fingerprint density at radius 2 is 1.50 bits per heavy atom. The number of anilines is 2. The van der Waals surface area contributed by atoms with Gasteiger partial charge >= 0.3 is 0 Å². The number of hydrogen-bond acceptors (Lipinski definition) is 3. The van der Waals surface area contributed by atoms with Gasteiger partial charge in [-0.25, -0.2) is 9.07 Å². The molecule has 128 valence electrons. The normalized spacial score (nSPS) is 10.7. The summed E-state index contributed by atoms with van der Waals surface area (Å²) in [7, 11) is 0. The predicted octanol–water partition coefficient (Wildman–Crippen LogP) is 6.01. The lowest BCUT2D eigenvalue weighted by Gasteiger charge is -2.06. The van der Waals surface area contributed by atoms with E-state index in [-0.39, 0.29) is 0 Å². The number of rotatable bonds is 4. The summed E-state index contributed by atoms with van der Waals surface area (Å²) in [6, 6.07) is 21.1. The fourth-order valence-electron chi connectivity index (χ4n) is 2.70. The quantitative estimate of drug-likeness (QED) is 0.471. The molecule has 4 nitrogen and oxygen atoms in total. The van der Waals surface area contributed by atoms with E-state index in [1.807, 2.05) is 66.7 Å². The second-order valence-corrected chi connectivity index (χ2v) is 6.42. The SMILES string of the molecule is Clc1ccc(-c2nc(Nc3ccccc3)n(Cl)c2-c2ccncc2)cc1. The number of para-hydroxylation sites is 1. The van der Waals surface area contributed by atoms with Crippen molar-refractivity contribution in [3.05, 3.63) is 84.1 Å². The van der Waals surface area contributed by atoms with Gasteiger partial charge in [0, 0.05) is 46.0 Å².